The van der Waals surface area contributed by atoms with E-state index in [9.17, 15) is 10.1 Å². The van der Waals surface area contributed by atoms with Crippen molar-refractivity contribution in [2.45, 2.75) is 25.9 Å². The minimum atomic E-state index is -1.17. The lowest BCUT2D eigenvalue weighted by atomic mass is 9.88. The number of nitriles is 1. The Bertz CT molecular complexity index is 1080. The second-order valence-electron chi connectivity index (χ2n) is 7.18. The van der Waals surface area contributed by atoms with E-state index in [-0.39, 0.29) is 17.5 Å². The number of carbonyl (C=O) groups excluding carboxylic acids is 1. The number of aromatic nitrogens is 1. The predicted molar refractivity (Wildman–Crippen MR) is 119 cm³/mol. The third kappa shape index (κ3) is 5.97. The summed E-state index contributed by atoms with van der Waals surface area (Å²) in [6.45, 7) is 3.83. The molecular weight excluding hydrogens is 435 g/mol. The highest BCUT2D eigenvalue weighted by Gasteiger charge is 2.29. The molecule has 0 N–H and O–H groups in total. The predicted octanol–water partition coefficient (Wildman–Crippen LogP) is 6.73. The summed E-state index contributed by atoms with van der Waals surface area (Å²) in [5.41, 5.74) is 1.05. The minimum absolute atomic E-state index is 0.0412. The SMILES string of the molecule is CC(C)C(C(=O)OC(C#N)c1cccc(Oc2ccc(Cl)cc2)n1)c1ccc(Cl)cc1. The summed E-state index contributed by atoms with van der Waals surface area (Å²) in [6.07, 6.45) is -1.17. The Hall–Kier alpha value is -3.07. The number of hydrogen-bond acceptors (Lipinski definition) is 5. The Morgan fingerprint density at radius 1 is 0.968 bits per heavy atom. The molecule has 0 saturated heterocycles. The van der Waals surface area contributed by atoms with Crippen LogP contribution in [0.4, 0.5) is 0 Å². The molecule has 7 heteroatoms. The number of esters is 1. The van der Waals surface area contributed by atoms with Crippen LogP contribution >= 0.6 is 23.2 Å². The van der Waals surface area contributed by atoms with E-state index in [1.54, 1.807) is 66.7 Å². The molecule has 0 radical (unpaired) electrons. The van der Waals surface area contributed by atoms with Crippen LogP contribution in [0, 0.1) is 17.2 Å². The van der Waals surface area contributed by atoms with Crippen molar-refractivity contribution in [3.05, 3.63) is 88.0 Å². The summed E-state index contributed by atoms with van der Waals surface area (Å²) in [4.78, 5) is 17.3. The molecular formula is C24H20Cl2N2O3. The molecule has 2 aromatic carbocycles. The Labute approximate surface area is 191 Å². The van der Waals surface area contributed by atoms with Gasteiger partial charge in [-0.2, -0.15) is 5.26 Å². The highest BCUT2D eigenvalue weighted by molar-refractivity contribution is 6.30. The number of nitrogens with zero attached hydrogens (tertiary/aromatic N) is 2. The standard InChI is InChI=1S/C24H20Cl2N2O3/c1-15(2)23(16-6-8-17(25)9-7-16)24(29)31-21(14-27)20-4-3-5-22(28-20)30-19-12-10-18(26)11-13-19/h3-13,15,21,23H,1-2H3. The van der Waals surface area contributed by atoms with Crippen molar-refractivity contribution in [2.75, 3.05) is 0 Å². The van der Waals surface area contributed by atoms with Gasteiger partial charge in [0.2, 0.25) is 12.0 Å². The Morgan fingerprint density at radius 3 is 2.16 bits per heavy atom. The van der Waals surface area contributed by atoms with Gasteiger partial charge < -0.3 is 9.47 Å². The lowest BCUT2D eigenvalue weighted by Crippen LogP contribution is -2.23. The normalized spacial score (nSPS) is 12.6. The van der Waals surface area contributed by atoms with Crippen LogP contribution in [0.5, 0.6) is 11.6 Å². The van der Waals surface area contributed by atoms with Gasteiger partial charge in [0.1, 0.15) is 11.8 Å². The van der Waals surface area contributed by atoms with Crippen LogP contribution in [-0.2, 0) is 9.53 Å². The van der Waals surface area contributed by atoms with E-state index < -0.39 is 18.0 Å². The van der Waals surface area contributed by atoms with E-state index in [0.29, 0.717) is 15.8 Å². The quantitative estimate of drug-likeness (QED) is 0.370. The fourth-order valence-electron chi connectivity index (χ4n) is 3.06. The van der Waals surface area contributed by atoms with Crippen LogP contribution in [0.1, 0.15) is 37.1 Å². The Morgan fingerprint density at radius 2 is 1.58 bits per heavy atom. The zero-order valence-electron chi connectivity index (χ0n) is 17.0. The van der Waals surface area contributed by atoms with E-state index in [0.717, 1.165) is 5.56 Å². The van der Waals surface area contributed by atoms with Crippen molar-refractivity contribution < 1.29 is 14.3 Å². The molecule has 3 rings (SSSR count). The third-order valence-corrected chi connectivity index (χ3v) is 5.05. The van der Waals surface area contributed by atoms with Crippen molar-refractivity contribution >= 4 is 29.2 Å². The van der Waals surface area contributed by atoms with Crippen LogP contribution in [0.2, 0.25) is 10.0 Å². The van der Waals surface area contributed by atoms with Crippen molar-refractivity contribution in [3.8, 4) is 17.7 Å². The molecule has 31 heavy (non-hydrogen) atoms. The van der Waals surface area contributed by atoms with Gasteiger partial charge in [-0.15, -0.1) is 0 Å². The zero-order chi connectivity index (χ0) is 22.4. The van der Waals surface area contributed by atoms with Gasteiger partial charge in [-0.3, -0.25) is 4.79 Å². The molecule has 1 aromatic heterocycles. The van der Waals surface area contributed by atoms with E-state index in [1.165, 1.54) is 0 Å². The molecule has 5 nitrogen and oxygen atoms in total. The van der Waals surface area contributed by atoms with Crippen LogP contribution in [0.15, 0.2) is 66.7 Å². The molecule has 0 saturated carbocycles. The lowest BCUT2D eigenvalue weighted by molar-refractivity contribution is -0.150. The average molecular weight is 455 g/mol. The van der Waals surface area contributed by atoms with E-state index >= 15 is 0 Å². The molecule has 0 fully saturated rings. The number of hydrogen-bond donors (Lipinski definition) is 0. The summed E-state index contributed by atoms with van der Waals surface area (Å²) in [6, 6.07) is 20.8. The van der Waals surface area contributed by atoms with Gasteiger partial charge in [0, 0.05) is 16.1 Å². The van der Waals surface area contributed by atoms with Crippen molar-refractivity contribution in [1.82, 2.24) is 4.98 Å². The average Bonchev–Trinajstić information content (AvgIpc) is 2.75. The summed E-state index contributed by atoms with van der Waals surface area (Å²) in [5, 5.41) is 10.8. The summed E-state index contributed by atoms with van der Waals surface area (Å²) in [7, 11) is 0. The summed E-state index contributed by atoms with van der Waals surface area (Å²) >= 11 is 11.8. The highest BCUT2D eigenvalue weighted by atomic mass is 35.5. The van der Waals surface area contributed by atoms with E-state index in [1.807, 2.05) is 19.9 Å². The first kappa shape index (κ1) is 22.6. The van der Waals surface area contributed by atoms with Gasteiger partial charge in [0.25, 0.3) is 0 Å². The van der Waals surface area contributed by atoms with Gasteiger partial charge >= 0.3 is 5.97 Å². The number of carbonyl (C=O) groups is 1. The lowest BCUT2D eigenvalue weighted by Gasteiger charge is -2.21. The monoisotopic (exact) mass is 454 g/mol. The van der Waals surface area contributed by atoms with Crippen molar-refractivity contribution in [2.24, 2.45) is 5.92 Å². The molecule has 0 spiro atoms. The fourth-order valence-corrected chi connectivity index (χ4v) is 3.31. The second-order valence-corrected chi connectivity index (χ2v) is 8.05. The van der Waals surface area contributed by atoms with E-state index in [2.05, 4.69) is 4.98 Å². The second kappa shape index (κ2) is 10.3. The van der Waals surface area contributed by atoms with Gasteiger partial charge in [-0.25, -0.2) is 4.98 Å². The van der Waals surface area contributed by atoms with Crippen molar-refractivity contribution in [1.29, 1.82) is 5.26 Å². The maximum Gasteiger partial charge on any atom is 0.315 e. The van der Waals surface area contributed by atoms with Gasteiger partial charge in [0.15, 0.2) is 0 Å². The zero-order valence-corrected chi connectivity index (χ0v) is 18.5. The number of halogens is 2. The van der Waals surface area contributed by atoms with Gasteiger partial charge in [0.05, 0.1) is 11.6 Å². The molecule has 2 atom stereocenters. The van der Waals surface area contributed by atoms with Crippen LogP contribution in [0.3, 0.4) is 0 Å². The van der Waals surface area contributed by atoms with Crippen LogP contribution < -0.4 is 4.74 Å². The molecule has 0 bridgehead atoms. The topological polar surface area (TPSA) is 72.2 Å². The number of ether oxygens (including phenoxy) is 2. The van der Waals surface area contributed by atoms with E-state index in [4.69, 9.17) is 32.7 Å². The van der Waals surface area contributed by atoms with Crippen LogP contribution in [-0.4, -0.2) is 11.0 Å². The first-order chi connectivity index (χ1) is 14.9. The Balaban J connectivity index is 1.78. The molecule has 2 unspecified atom stereocenters. The number of pyridine rings is 1. The maximum absolute atomic E-state index is 12.9. The first-order valence-electron chi connectivity index (χ1n) is 9.63. The van der Waals surface area contributed by atoms with Crippen molar-refractivity contribution in [3.63, 3.8) is 0 Å². The molecule has 0 amide bonds. The smallest absolute Gasteiger partial charge is 0.315 e. The molecule has 0 aliphatic carbocycles. The minimum Gasteiger partial charge on any atom is -0.440 e. The molecule has 0 aliphatic heterocycles. The van der Waals surface area contributed by atoms with Gasteiger partial charge in [-0.1, -0.05) is 55.2 Å². The number of rotatable bonds is 7. The fraction of sp³-hybridized carbons (Fsp3) is 0.208. The first-order valence-corrected chi connectivity index (χ1v) is 10.4. The summed E-state index contributed by atoms with van der Waals surface area (Å²) < 4.78 is 11.3. The summed E-state index contributed by atoms with van der Waals surface area (Å²) in [5.74, 6) is -0.270. The van der Waals surface area contributed by atoms with Crippen LogP contribution in [0.25, 0.3) is 0 Å². The molecule has 158 valence electrons. The Kier molecular flexibility index (Phi) is 7.51. The number of benzene rings is 2. The molecule has 3 aromatic rings. The molecule has 0 aliphatic rings. The molecule has 1 heterocycles. The maximum atomic E-state index is 12.9. The van der Waals surface area contributed by atoms with Gasteiger partial charge in [-0.05, 0) is 53.9 Å². The highest BCUT2D eigenvalue weighted by Crippen LogP contribution is 2.30. The largest absolute Gasteiger partial charge is 0.440 e. The third-order valence-electron chi connectivity index (χ3n) is 4.55.